The Balaban J connectivity index is 2.93. The zero-order chi connectivity index (χ0) is 25.3. The van der Waals surface area contributed by atoms with Crippen LogP contribution in [0.3, 0.4) is 0 Å². The number of rotatable bonds is 0. The number of nitrogens with one attached hydrogen (secondary N) is 1. The number of carbonyl (C=O) groups excluding carboxylic acids is 1. The third kappa shape index (κ3) is 13.1. The van der Waals surface area contributed by atoms with E-state index in [1.165, 1.54) is 12.2 Å². The molecule has 1 aliphatic heterocycles. The van der Waals surface area contributed by atoms with Gasteiger partial charge in [-0.2, -0.15) is 0 Å². The second-order valence-electron chi connectivity index (χ2n) is 8.45. The molecular formula is C28H39NO5. The lowest BCUT2D eigenvalue weighted by molar-refractivity contribution is -0.117. The van der Waals surface area contributed by atoms with Crippen LogP contribution in [0.1, 0.15) is 33.6 Å². The number of hydrogen-bond acceptors (Lipinski definition) is 5. The van der Waals surface area contributed by atoms with Crippen molar-refractivity contribution in [2.45, 2.75) is 64.1 Å². The summed E-state index contributed by atoms with van der Waals surface area (Å²) >= 11 is 0. The van der Waals surface area contributed by atoms with Crippen molar-refractivity contribution < 1.29 is 25.2 Å². The van der Waals surface area contributed by atoms with Gasteiger partial charge in [-0.25, -0.2) is 0 Å². The molecule has 1 amide bonds. The molecule has 6 unspecified atom stereocenters. The highest BCUT2D eigenvalue weighted by molar-refractivity contribution is 5.87. The summed E-state index contributed by atoms with van der Waals surface area (Å²) in [7, 11) is 0. The van der Waals surface area contributed by atoms with Gasteiger partial charge in [-0.15, -0.1) is 0 Å². The van der Waals surface area contributed by atoms with E-state index in [1.54, 1.807) is 37.3 Å². The summed E-state index contributed by atoms with van der Waals surface area (Å²) in [5, 5.41) is 43.7. The quantitative estimate of drug-likeness (QED) is 0.374. The number of hydrogen-bond donors (Lipinski definition) is 5. The number of aliphatic hydroxyl groups excluding tert-OH is 4. The van der Waals surface area contributed by atoms with Crippen LogP contribution in [0.2, 0.25) is 0 Å². The summed E-state index contributed by atoms with van der Waals surface area (Å²) in [4.78, 5) is 12.0. The molecule has 0 fully saturated rings. The lowest BCUT2D eigenvalue weighted by Crippen LogP contribution is -2.41. The Morgan fingerprint density at radius 3 is 2.21 bits per heavy atom. The predicted molar refractivity (Wildman–Crippen MR) is 138 cm³/mol. The number of aliphatic hydroxyl groups is 4. The first-order chi connectivity index (χ1) is 16.2. The Hall–Kier alpha value is -2.77. The van der Waals surface area contributed by atoms with E-state index in [0.29, 0.717) is 6.42 Å². The molecule has 6 atom stereocenters. The second kappa shape index (κ2) is 16.8. The van der Waals surface area contributed by atoms with Crippen LogP contribution in [0, 0.1) is 5.92 Å². The van der Waals surface area contributed by atoms with E-state index in [2.05, 4.69) is 5.32 Å². The van der Waals surface area contributed by atoms with Crippen LogP contribution in [0.15, 0.2) is 96.7 Å². The number of carbonyl (C=O) groups is 1. The molecule has 0 aromatic carbocycles. The zero-order valence-corrected chi connectivity index (χ0v) is 20.2. The first-order valence-electron chi connectivity index (χ1n) is 11.6. The molecule has 0 aromatic heterocycles. The minimum atomic E-state index is -1.43. The molecular weight excluding hydrogens is 430 g/mol. The fourth-order valence-electron chi connectivity index (χ4n) is 3.07. The normalized spacial score (nSPS) is 36.4. The molecule has 0 bridgehead atoms. The van der Waals surface area contributed by atoms with Crippen molar-refractivity contribution in [3.05, 3.63) is 96.7 Å². The molecule has 5 N–H and O–H groups in total. The smallest absolute Gasteiger partial charge is 0.244 e. The summed E-state index contributed by atoms with van der Waals surface area (Å²) < 4.78 is 0. The molecule has 6 nitrogen and oxygen atoms in total. The lowest BCUT2D eigenvalue weighted by atomic mass is 9.93. The molecule has 6 heteroatoms. The molecule has 0 spiro atoms. The molecule has 1 heterocycles. The maximum Gasteiger partial charge on any atom is 0.244 e. The Labute approximate surface area is 203 Å². The van der Waals surface area contributed by atoms with Gasteiger partial charge < -0.3 is 25.7 Å². The topological polar surface area (TPSA) is 110 Å². The van der Waals surface area contributed by atoms with Crippen molar-refractivity contribution in [1.29, 1.82) is 0 Å². The van der Waals surface area contributed by atoms with Gasteiger partial charge in [0.25, 0.3) is 0 Å². The molecule has 186 valence electrons. The van der Waals surface area contributed by atoms with E-state index < -0.39 is 30.3 Å². The van der Waals surface area contributed by atoms with Gasteiger partial charge >= 0.3 is 0 Å². The molecule has 34 heavy (non-hydrogen) atoms. The molecule has 1 rings (SSSR count). The van der Waals surface area contributed by atoms with E-state index in [1.807, 2.05) is 62.5 Å². The Kier molecular flexibility index (Phi) is 14.4. The van der Waals surface area contributed by atoms with Gasteiger partial charge in [-0.1, -0.05) is 97.6 Å². The van der Waals surface area contributed by atoms with Gasteiger partial charge in [0.05, 0.1) is 18.3 Å². The maximum absolute atomic E-state index is 12.0. The van der Waals surface area contributed by atoms with Crippen molar-refractivity contribution in [2.75, 3.05) is 0 Å². The fraction of sp³-hybridized carbons (Fsp3) is 0.393. The van der Waals surface area contributed by atoms with Crippen molar-refractivity contribution in [1.82, 2.24) is 5.32 Å². The highest BCUT2D eigenvalue weighted by Crippen LogP contribution is 2.15. The Morgan fingerprint density at radius 1 is 0.794 bits per heavy atom. The standard InChI is InChI=1S/C28H39NO5/c1-21-14-8-4-6-10-17-23(3)29-26(32)19-13-12-16-22(2)27(33)28(34)25(31)20-24(30)18-11-7-5-9-15-21/h4-16,18-19,22-25,27-28,30-31,33-34H,17,20H2,1-3H3,(H,29,32)/b7-5-,8-4+,10-6+,15-9?,16-12+,18-11+,19-13+,21-14?. The lowest BCUT2D eigenvalue weighted by Gasteiger charge is -2.26. The van der Waals surface area contributed by atoms with Crippen LogP contribution in [0.5, 0.6) is 0 Å². The third-order valence-corrected chi connectivity index (χ3v) is 5.16. The van der Waals surface area contributed by atoms with Gasteiger partial charge in [0.2, 0.25) is 5.91 Å². The summed E-state index contributed by atoms with van der Waals surface area (Å²) in [5.41, 5.74) is 1.06. The average molecular weight is 470 g/mol. The van der Waals surface area contributed by atoms with Crippen molar-refractivity contribution in [3.63, 3.8) is 0 Å². The minimum Gasteiger partial charge on any atom is -0.390 e. The van der Waals surface area contributed by atoms with Crippen molar-refractivity contribution >= 4 is 5.91 Å². The Bertz CT molecular complexity index is 847. The van der Waals surface area contributed by atoms with E-state index in [4.69, 9.17) is 0 Å². The van der Waals surface area contributed by atoms with Crippen LogP contribution >= 0.6 is 0 Å². The summed E-state index contributed by atoms with van der Waals surface area (Å²) in [5.74, 6) is -0.708. The molecule has 0 saturated heterocycles. The Morgan fingerprint density at radius 2 is 1.44 bits per heavy atom. The van der Waals surface area contributed by atoms with Crippen molar-refractivity contribution in [2.24, 2.45) is 5.92 Å². The number of allylic oxidation sites excluding steroid dienone is 12. The van der Waals surface area contributed by atoms with E-state index in [9.17, 15) is 25.2 Å². The van der Waals surface area contributed by atoms with Gasteiger partial charge in [-0.05, 0) is 20.3 Å². The fourth-order valence-corrected chi connectivity index (χ4v) is 3.07. The summed E-state index contributed by atoms with van der Waals surface area (Å²) in [6.07, 6.45) is 22.2. The van der Waals surface area contributed by atoms with E-state index in [-0.39, 0.29) is 18.4 Å². The summed E-state index contributed by atoms with van der Waals surface area (Å²) in [6, 6.07) is -0.0295. The monoisotopic (exact) mass is 469 g/mol. The SMILES string of the molecule is CC1=C/C=C/C=C/CC(C)NC(=O)/C=C/C=C/C(C)C(O)C(O)C(O)CC(O)/C=C/C=C\C=C1. The van der Waals surface area contributed by atoms with Gasteiger partial charge in [0.1, 0.15) is 6.10 Å². The molecule has 0 aromatic rings. The summed E-state index contributed by atoms with van der Waals surface area (Å²) in [6.45, 7) is 5.59. The molecule has 0 radical (unpaired) electrons. The molecule has 0 saturated carbocycles. The first-order valence-corrected chi connectivity index (χ1v) is 11.6. The molecule has 0 aliphatic carbocycles. The average Bonchev–Trinajstić information content (AvgIpc) is 2.79. The molecule has 1 aliphatic rings. The number of amides is 1. The minimum absolute atomic E-state index is 0.0295. The van der Waals surface area contributed by atoms with Crippen LogP contribution in [0.4, 0.5) is 0 Å². The first kappa shape index (κ1) is 29.3. The highest BCUT2D eigenvalue weighted by atomic mass is 16.4. The zero-order valence-electron chi connectivity index (χ0n) is 20.2. The van der Waals surface area contributed by atoms with Crippen LogP contribution in [-0.4, -0.2) is 56.8 Å². The van der Waals surface area contributed by atoms with Gasteiger partial charge in [-0.3, -0.25) is 4.79 Å². The van der Waals surface area contributed by atoms with Crippen molar-refractivity contribution in [3.8, 4) is 0 Å². The van der Waals surface area contributed by atoms with Gasteiger partial charge in [0.15, 0.2) is 0 Å². The van der Waals surface area contributed by atoms with E-state index >= 15 is 0 Å². The highest BCUT2D eigenvalue weighted by Gasteiger charge is 2.28. The largest absolute Gasteiger partial charge is 0.390 e. The van der Waals surface area contributed by atoms with Gasteiger partial charge in [0, 0.05) is 24.5 Å². The third-order valence-electron chi connectivity index (χ3n) is 5.16. The van der Waals surface area contributed by atoms with Crippen LogP contribution < -0.4 is 5.32 Å². The second-order valence-corrected chi connectivity index (χ2v) is 8.45. The van der Waals surface area contributed by atoms with Crippen LogP contribution in [0.25, 0.3) is 0 Å². The van der Waals surface area contributed by atoms with Crippen LogP contribution in [-0.2, 0) is 4.79 Å². The maximum atomic E-state index is 12.0. The predicted octanol–water partition coefficient (Wildman–Crippen LogP) is 3.20. The van der Waals surface area contributed by atoms with E-state index in [0.717, 1.165) is 5.57 Å².